The fourth-order valence-electron chi connectivity index (χ4n) is 1.70. The molecule has 108 valence electrons. The van der Waals surface area contributed by atoms with E-state index < -0.39 is 10.0 Å². The van der Waals surface area contributed by atoms with Gasteiger partial charge in [0.05, 0.1) is 24.3 Å². The second kappa shape index (κ2) is 6.62. The predicted molar refractivity (Wildman–Crippen MR) is 75.3 cm³/mol. The summed E-state index contributed by atoms with van der Waals surface area (Å²) in [5.41, 5.74) is 1.10. The predicted octanol–water partition coefficient (Wildman–Crippen LogP) is 1.96. The number of sulfonamides is 1. The zero-order valence-corrected chi connectivity index (χ0v) is 12.1. The third-order valence-corrected chi connectivity index (χ3v) is 4.17. The van der Waals surface area contributed by atoms with E-state index in [1.54, 1.807) is 24.6 Å². The highest BCUT2D eigenvalue weighted by Crippen LogP contribution is 2.19. The Labute approximate surface area is 118 Å². The Morgan fingerprint density at radius 2 is 2.10 bits per heavy atom. The molecule has 2 aromatic rings. The van der Waals surface area contributed by atoms with Gasteiger partial charge < -0.3 is 4.42 Å². The standard InChI is InChI=1S/C13H17N3O3S/c1-2-3-9-20(17,18)16-10-11-13(15-7-6-14-11)12-5-4-8-19-12/h4-8,16H,2-3,9-10H2,1H3. The van der Waals surface area contributed by atoms with Crippen LogP contribution in [-0.4, -0.2) is 24.1 Å². The van der Waals surface area contributed by atoms with Crippen LogP contribution in [-0.2, 0) is 16.6 Å². The van der Waals surface area contributed by atoms with Crippen LogP contribution >= 0.6 is 0 Å². The Balaban J connectivity index is 2.11. The molecule has 0 aliphatic carbocycles. The number of rotatable bonds is 7. The third-order valence-electron chi connectivity index (χ3n) is 2.75. The van der Waals surface area contributed by atoms with E-state index in [1.165, 1.54) is 6.20 Å². The molecule has 20 heavy (non-hydrogen) atoms. The second-order valence-corrected chi connectivity index (χ2v) is 6.25. The Bertz CT molecular complexity index is 639. The zero-order valence-electron chi connectivity index (χ0n) is 11.2. The van der Waals surface area contributed by atoms with Crippen molar-refractivity contribution in [2.45, 2.75) is 26.3 Å². The normalized spacial score (nSPS) is 11.7. The lowest BCUT2D eigenvalue weighted by molar-refractivity contribution is 0.572. The maximum absolute atomic E-state index is 11.8. The van der Waals surface area contributed by atoms with Crippen LogP contribution in [0.25, 0.3) is 11.5 Å². The molecule has 1 N–H and O–H groups in total. The van der Waals surface area contributed by atoms with Crippen LogP contribution in [0.3, 0.4) is 0 Å². The second-order valence-electron chi connectivity index (χ2n) is 4.32. The van der Waals surface area contributed by atoms with Gasteiger partial charge in [-0.25, -0.2) is 18.1 Å². The van der Waals surface area contributed by atoms with Gasteiger partial charge >= 0.3 is 0 Å². The molecule has 6 nitrogen and oxygen atoms in total. The first-order chi connectivity index (χ1) is 9.62. The van der Waals surface area contributed by atoms with Gasteiger partial charge in [0.25, 0.3) is 0 Å². The maximum Gasteiger partial charge on any atom is 0.211 e. The van der Waals surface area contributed by atoms with E-state index in [0.29, 0.717) is 23.6 Å². The number of furan rings is 1. The molecule has 2 rings (SSSR count). The van der Waals surface area contributed by atoms with Gasteiger partial charge in [-0.3, -0.25) is 4.98 Å². The number of hydrogen-bond donors (Lipinski definition) is 1. The van der Waals surface area contributed by atoms with Gasteiger partial charge in [0.1, 0.15) is 5.69 Å². The SMILES string of the molecule is CCCCS(=O)(=O)NCc1nccnc1-c1ccco1. The van der Waals surface area contributed by atoms with E-state index in [9.17, 15) is 8.42 Å². The lowest BCUT2D eigenvalue weighted by Gasteiger charge is -2.07. The Morgan fingerprint density at radius 1 is 1.30 bits per heavy atom. The fourth-order valence-corrected chi connectivity index (χ4v) is 2.87. The molecule has 0 spiro atoms. The highest BCUT2D eigenvalue weighted by Gasteiger charge is 2.14. The van der Waals surface area contributed by atoms with E-state index in [1.807, 2.05) is 6.92 Å². The first-order valence-corrected chi connectivity index (χ1v) is 8.08. The molecule has 7 heteroatoms. The molecule has 0 bridgehead atoms. The van der Waals surface area contributed by atoms with Gasteiger partial charge in [0.15, 0.2) is 5.76 Å². The van der Waals surface area contributed by atoms with E-state index in [-0.39, 0.29) is 12.3 Å². The lowest BCUT2D eigenvalue weighted by Crippen LogP contribution is -2.26. The van der Waals surface area contributed by atoms with Gasteiger partial charge in [-0.1, -0.05) is 13.3 Å². The summed E-state index contributed by atoms with van der Waals surface area (Å²) < 4.78 is 31.4. The molecule has 0 aliphatic heterocycles. The number of nitrogens with one attached hydrogen (secondary N) is 1. The summed E-state index contributed by atoms with van der Waals surface area (Å²) in [4.78, 5) is 8.36. The quantitative estimate of drug-likeness (QED) is 0.844. The molecule has 2 aromatic heterocycles. The first-order valence-electron chi connectivity index (χ1n) is 6.43. The summed E-state index contributed by atoms with van der Waals surface area (Å²) in [6.45, 7) is 2.06. The highest BCUT2D eigenvalue weighted by atomic mass is 32.2. The van der Waals surface area contributed by atoms with Crippen LogP contribution in [0.15, 0.2) is 35.2 Å². The van der Waals surface area contributed by atoms with Crippen molar-refractivity contribution >= 4 is 10.0 Å². The molecule has 2 heterocycles. The Kier molecular flexibility index (Phi) is 4.86. The maximum atomic E-state index is 11.8. The molecule has 0 aromatic carbocycles. The summed E-state index contributed by atoms with van der Waals surface area (Å²) in [6, 6.07) is 3.51. The van der Waals surface area contributed by atoms with Crippen molar-refractivity contribution in [3.63, 3.8) is 0 Å². The fraction of sp³-hybridized carbons (Fsp3) is 0.385. The van der Waals surface area contributed by atoms with Crippen LogP contribution in [0.5, 0.6) is 0 Å². The lowest BCUT2D eigenvalue weighted by atomic mass is 10.2. The molecule has 0 saturated carbocycles. The number of nitrogens with zero attached hydrogens (tertiary/aromatic N) is 2. The highest BCUT2D eigenvalue weighted by molar-refractivity contribution is 7.89. The minimum Gasteiger partial charge on any atom is -0.463 e. The summed E-state index contributed by atoms with van der Waals surface area (Å²) >= 11 is 0. The summed E-state index contributed by atoms with van der Waals surface area (Å²) in [6.07, 6.45) is 6.10. The summed E-state index contributed by atoms with van der Waals surface area (Å²) in [5, 5.41) is 0. The Morgan fingerprint density at radius 3 is 2.80 bits per heavy atom. The minimum atomic E-state index is -3.28. The van der Waals surface area contributed by atoms with E-state index >= 15 is 0 Å². The van der Waals surface area contributed by atoms with Crippen LogP contribution < -0.4 is 4.72 Å². The van der Waals surface area contributed by atoms with E-state index in [0.717, 1.165) is 6.42 Å². The topological polar surface area (TPSA) is 85.1 Å². The minimum absolute atomic E-state index is 0.107. The molecule has 0 amide bonds. The molecule has 0 unspecified atom stereocenters. The summed E-state index contributed by atoms with van der Waals surface area (Å²) in [7, 11) is -3.28. The number of unbranched alkanes of at least 4 members (excludes halogenated alkanes) is 1. The van der Waals surface area contributed by atoms with Crippen LogP contribution in [0.4, 0.5) is 0 Å². The van der Waals surface area contributed by atoms with Crippen molar-refractivity contribution in [1.29, 1.82) is 0 Å². The van der Waals surface area contributed by atoms with Crippen molar-refractivity contribution < 1.29 is 12.8 Å². The van der Waals surface area contributed by atoms with Crippen molar-refractivity contribution in [2.24, 2.45) is 0 Å². The van der Waals surface area contributed by atoms with Gasteiger partial charge in [-0.15, -0.1) is 0 Å². The van der Waals surface area contributed by atoms with Crippen molar-refractivity contribution in [1.82, 2.24) is 14.7 Å². The number of hydrogen-bond acceptors (Lipinski definition) is 5. The van der Waals surface area contributed by atoms with Crippen molar-refractivity contribution in [2.75, 3.05) is 5.75 Å². The van der Waals surface area contributed by atoms with Crippen LogP contribution in [0.2, 0.25) is 0 Å². The molecule has 0 aliphatic rings. The van der Waals surface area contributed by atoms with Gasteiger partial charge in [-0.2, -0.15) is 0 Å². The van der Waals surface area contributed by atoms with Gasteiger partial charge in [0, 0.05) is 12.4 Å². The average Bonchev–Trinajstić information content (AvgIpc) is 2.97. The average molecular weight is 295 g/mol. The Hall–Kier alpha value is -1.73. The zero-order chi connectivity index (χ0) is 14.4. The smallest absolute Gasteiger partial charge is 0.211 e. The van der Waals surface area contributed by atoms with Gasteiger partial charge in [-0.05, 0) is 18.6 Å². The number of aromatic nitrogens is 2. The van der Waals surface area contributed by atoms with Crippen molar-refractivity contribution in [3.05, 3.63) is 36.5 Å². The van der Waals surface area contributed by atoms with E-state index in [2.05, 4.69) is 14.7 Å². The first kappa shape index (κ1) is 14.7. The molecule has 0 fully saturated rings. The monoisotopic (exact) mass is 295 g/mol. The molecule has 0 atom stereocenters. The van der Waals surface area contributed by atoms with Gasteiger partial charge in [0.2, 0.25) is 10.0 Å². The van der Waals surface area contributed by atoms with E-state index in [4.69, 9.17) is 4.42 Å². The third kappa shape index (κ3) is 3.88. The van der Waals surface area contributed by atoms with Crippen molar-refractivity contribution in [3.8, 4) is 11.5 Å². The van der Waals surface area contributed by atoms with Crippen LogP contribution in [0.1, 0.15) is 25.5 Å². The molecular weight excluding hydrogens is 278 g/mol. The van der Waals surface area contributed by atoms with Crippen LogP contribution in [0, 0.1) is 0 Å². The largest absolute Gasteiger partial charge is 0.463 e. The molecule has 0 saturated heterocycles. The molecular formula is C13H17N3O3S. The summed E-state index contributed by atoms with van der Waals surface area (Å²) in [5.74, 6) is 0.695. The molecule has 0 radical (unpaired) electrons.